The molecule has 3 heteroatoms. The molecule has 0 saturated carbocycles. The van der Waals surface area contributed by atoms with E-state index < -0.39 is 11.9 Å². The van der Waals surface area contributed by atoms with Gasteiger partial charge in [-0.25, -0.2) is 0 Å². The van der Waals surface area contributed by atoms with Crippen molar-refractivity contribution in [2.75, 3.05) is 14.2 Å². The van der Waals surface area contributed by atoms with E-state index in [1.54, 1.807) is 14.2 Å². The summed E-state index contributed by atoms with van der Waals surface area (Å²) in [5.41, 5.74) is 2.04. The first kappa shape index (κ1) is 11.7. The zero-order valence-electron chi connectivity index (χ0n) is 10.5. The van der Waals surface area contributed by atoms with E-state index in [9.17, 15) is 5.11 Å². The van der Waals surface area contributed by atoms with Crippen molar-refractivity contribution >= 4 is 10.8 Å². The van der Waals surface area contributed by atoms with Crippen LogP contribution in [0.3, 0.4) is 0 Å². The van der Waals surface area contributed by atoms with Crippen LogP contribution in [0, 0.1) is 0 Å². The van der Waals surface area contributed by atoms with Gasteiger partial charge < -0.3 is 14.6 Å². The lowest BCUT2D eigenvalue weighted by Gasteiger charge is -2.31. The van der Waals surface area contributed by atoms with E-state index >= 15 is 0 Å². The normalized spacial score (nSPS) is 21.2. The molecule has 0 amide bonds. The van der Waals surface area contributed by atoms with Crippen LogP contribution in [-0.2, 0) is 21.7 Å². The monoisotopic (exact) mass is 244 g/mol. The molecule has 1 aliphatic carbocycles. The Balaban J connectivity index is 2.36. The van der Waals surface area contributed by atoms with Crippen molar-refractivity contribution in [2.24, 2.45) is 0 Å². The molecule has 1 unspecified atom stereocenters. The maximum atomic E-state index is 10.3. The van der Waals surface area contributed by atoms with E-state index in [1.807, 2.05) is 24.3 Å². The van der Waals surface area contributed by atoms with E-state index in [-0.39, 0.29) is 0 Å². The lowest BCUT2D eigenvalue weighted by atomic mass is 9.98. The Morgan fingerprint density at radius 1 is 1.11 bits per heavy atom. The highest BCUT2D eigenvalue weighted by Crippen LogP contribution is 2.44. The number of ether oxygens (including phenoxy) is 2. The fourth-order valence-electron chi connectivity index (χ4n) is 2.97. The Kier molecular flexibility index (Phi) is 2.63. The van der Waals surface area contributed by atoms with Gasteiger partial charge in [0.25, 0.3) is 0 Å². The highest BCUT2D eigenvalue weighted by atomic mass is 16.7. The van der Waals surface area contributed by atoms with Gasteiger partial charge in [0.2, 0.25) is 5.79 Å². The van der Waals surface area contributed by atoms with Crippen LogP contribution in [0.5, 0.6) is 0 Å². The maximum Gasteiger partial charge on any atom is 0.222 e. The zero-order chi connectivity index (χ0) is 12.8. The predicted octanol–water partition coefficient (Wildman–Crippen LogP) is 2.20. The van der Waals surface area contributed by atoms with Crippen LogP contribution in [0.2, 0.25) is 0 Å². The molecule has 0 saturated heterocycles. The average molecular weight is 244 g/mol. The molecular formula is C15H16O3. The molecule has 0 bridgehead atoms. The van der Waals surface area contributed by atoms with Crippen LogP contribution in [0.1, 0.15) is 11.1 Å². The number of benzene rings is 2. The second kappa shape index (κ2) is 4.05. The number of hydrogen-bond donors (Lipinski definition) is 1. The standard InChI is InChI=1S/C15H16O3/c1-17-15(18-2)13(16)9-11-8-7-10-5-3-4-6-12(10)14(11)15/h3-8,13,16H,9H2,1-2H3. The van der Waals surface area contributed by atoms with Crippen molar-refractivity contribution in [3.63, 3.8) is 0 Å². The Labute approximate surface area is 106 Å². The Morgan fingerprint density at radius 2 is 1.83 bits per heavy atom. The Hall–Kier alpha value is -1.42. The van der Waals surface area contributed by atoms with Gasteiger partial charge in [0.15, 0.2) is 0 Å². The highest BCUT2D eigenvalue weighted by Gasteiger charge is 2.48. The molecule has 18 heavy (non-hydrogen) atoms. The van der Waals surface area contributed by atoms with Gasteiger partial charge in [0, 0.05) is 26.2 Å². The third-order valence-electron chi connectivity index (χ3n) is 3.82. The molecule has 1 atom stereocenters. The van der Waals surface area contributed by atoms with Gasteiger partial charge in [-0.2, -0.15) is 0 Å². The fraction of sp³-hybridized carbons (Fsp3) is 0.333. The summed E-state index contributed by atoms with van der Waals surface area (Å²) >= 11 is 0. The summed E-state index contributed by atoms with van der Waals surface area (Å²) in [7, 11) is 3.15. The number of aliphatic hydroxyl groups excluding tert-OH is 1. The molecule has 0 spiro atoms. The largest absolute Gasteiger partial charge is 0.387 e. The molecule has 0 aliphatic heterocycles. The van der Waals surface area contributed by atoms with Crippen LogP contribution >= 0.6 is 0 Å². The molecule has 3 nitrogen and oxygen atoms in total. The highest BCUT2D eigenvalue weighted by molar-refractivity contribution is 5.88. The lowest BCUT2D eigenvalue weighted by molar-refractivity contribution is -0.259. The number of aliphatic hydroxyl groups is 1. The first-order chi connectivity index (χ1) is 8.73. The van der Waals surface area contributed by atoms with Gasteiger partial charge in [0.1, 0.15) is 6.10 Å². The summed E-state index contributed by atoms with van der Waals surface area (Å²) in [6.07, 6.45) is -0.115. The van der Waals surface area contributed by atoms with Gasteiger partial charge in [-0.3, -0.25) is 0 Å². The smallest absolute Gasteiger partial charge is 0.222 e. The molecule has 2 aromatic rings. The topological polar surface area (TPSA) is 38.7 Å². The first-order valence-corrected chi connectivity index (χ1v) is 6.02. The minimum absolute atomic E-state index is 0.557. The van der Waals surface area contributed by atoms with Crippen LogP contribution < -0.4 is 0 Å². The third-order valence-corrected chi connectivity index (χ3v) is 3.82. The molecule has 0 radical (unpaired) electrons. The Morgan fingerprint density at radius 3 is 2.56 bits per heavy atom. The zero-order valence-corrected chi connectivity index (χ0v) is 10.5. The molecule has 3 rings (SSSR count). The SMILES string of the molecule is COC1(OC)c2c(ccc3ccccc23)CC1O. The van der Waals surface area contributed by atoms with Crippen LogP contribution in [0.4, 0.5) is 0 Å². The quantitative estimate of drug-likeness (QED) is 0.823. The number of rotatable bonds is 2. The minimum atomic E-state index is -1.05. The van der Waals surface area contributed by atoms with Crippen molar-refractivity contribution in [3.8, 4) is 0 Å². The van der Waals surface area contributed by atoms with Crippen molar-refractivity contribution in [1.82, 2.24) is 0 Å². The maximum absolute atomic E-state index is 10.3. The van der Waals surface area contributed by atoms with Crippen molar-refractivity contribution in [1.29, 1.82) is 0 Å². The number of fused-ring (bicyclic) bond motifs is 3. The number of methoxy groups -OCH3 is 2. The number of hydrogen-bond acceptors (Lipinski definition) is 3. The molecule has 0 heterocycles. The average Bonchev–Trinajstić information content (AvgIpc) is 2.71. The summed E-state index contributed by atoms with van der Waals surface area (Å²) in [6.45, 7) is 0. The van der Waals surface area contributed by atoms with Crippen molar-refractivity contribution < 1.29 is 14.6 Å². The van der Waals surface area contributed by atoms with Gasteiger partial charge >= 0.3 is 0 Å². The molecule has 2 aromatic carbocycles. The predicted molar refractivity (Wildman–Crippen MR) is 69.4 cm³/mol. The second-order valence-corrected chi connectivity index (χ2v) is 4.62. The summed E-state index contributed by atoms with van der Waals surface area (Å²) in [6, 6.07) is 12.2. The first-order valence-electron chi connectivity index (χ1n) is 6.02. The summed E-state index contributed by atoms with van der Waals surface area (Å²) in [5.74, 6) is -1.05. The molecule has 1 aliphatic rings. The molecule has 94 valence electrons. The second-order valence-electron chi connectivity index (χ2n) is 4.62. The van der Waals surface area contributed by atoms with Gasteiger partial charge in [-0.15, -0.1) is 0 Å². The van der Waals surface area contributed by atoms with Gasteiger partial charge in [-0.1, -0.05) is 36.4 Å². The fourth-order valence-corrected chi connectivity index (χ4v) is 2.97. The van der Waals surface area contributed by atoms with Gasteiger partial charge in [0.05, 0.1) is 0 Å². The lowest BCUT2D eigenvalue weighted by Crippen LogP contribution is -2.39. The Bertz CT molecular complexity index is 587. The molecule has 0 fully saturated rings. The summed E-state index contributed by atoms with van der Waals surface area (Å²) in [5, 5.41) is 12.5. The van der Waals surface area contributed by atoms with E-state index in [1.165, 1.54) is 0 Å². The van der Waals surface area contributed by atoms with E-state index in [2.05, 4.69) is 12.1 Å². The molecule has 0 aromatic heterocycles. The van der Waals surface area contributed by atoms with Crippen LogP contribution in [0.25, 0.3) is 10.8 Å². The summed E-state index contributed by atoms with van der Waals surface area (Å²) in [4.78, 5) is 0. The van der Waals surface area contributed by atoms with Crippen molar-refractivity contribution in [2.45, 2.75) is 18.3 Å². The van der Waals surface area contributed by atoms with E-state index in [0.717, 1.165) is 21.9 Å². The minimum Gasteiger partial charge on any atom is -0.387 e. The van der Waals surface area contributed by atoms with Gasteiger partial charge in [-0.05, 0) is 16.3 Å². The van der Waals surface area contributed by atoms with Crippen LogP contribution in [-0.4, -0.2) is 25.4 Å². The summed E-state index contributed by atoms with van der Waals surface area (Å²) < 4.78 is 11.0. The molecular weight excluding hydrogens is 228 g/mol. The van der Waals surface area contributed by atoms with E-state index in [4.69, 9.17) is 9.47 Å². The third kappa shape index (κ3) is 1.35. The van der Waals surface area contributed by atoms with E-state index in [0.29, 0.717) is 6.42 Å². The molecule has 1 N–H and O–H groups in total. The van der Waals surface area contributed by atoms with Crippen molar-refractivity contribution in [3.05, 3.63) is 47.5 Å². The van der Waals surface area contributed by atoms with Crippen LogP contribution in [0.15, 0.2) is 36.4 Å².